The summed E-state index contributed by atoms with van der Waals surface area (Å²) in [6.45, 7) is 7.10. The highest BCUT2D eigenvalue weighted by molar-refractivity contribution is 5.35. The molecule has 0 aromatic heterocycles. The second kappa shape index (κ2) is 6.71. The molecule has 116 valence electrons. The normalized spacial score (nSPS) is 32.0. The van der Waals surface area contributed by atoms with Gasteiger partial charge in [-0.3, -0.25) is 4.90 Å². The van der Waals surface area contributed by atoms with Crippen molar-refractivity contribution >= 4 is 0 Å². The van der Waals surface area contributed by atoms with Gasteiger partial charge in [-0.15, -0.1) is 12.5 Å². The molecule has 2 fully saturated rings. The molecule has 0 bridgehead atoms. The maximum absolute atomic E-state index is 3.85. The Morgan fingerprint density at radius 3 is 2.77 bits per heavy atom. The van der Waals surface area contributed by atoms with Crippen molar-refractivity contribution in [3.05, 3.63) is 48.6 Å². The highest BCUT2D eigenvalue weighted by Crippen LogP contribution is 2.59. The van der Waals surface area contributed by atoms with Crippen molar-refractivity contribution in [1.29, 1.82) is 0 Å². The Bertz CT molecular complexity index is 557. The lowest BCUT2D eigenvalue weighted by molar-refractivity contribution is 0.166. The van der Waals surface area contributed by atoms with Crippen LogP contribution in [0.4, 0.5) is 0 Å². The Morgan fingerprint density at radius 1 is 1.32 bits per heavy atom. The van der Waals surface area contributed by atoms with E-state index in [1.807, 2.05) is 0 Å². The summed E-state index contributed by atoms with van der Waals surface area (Å²) in [7, 11) is 0. The molecule has 1 heterocycles. The molecule has 0 N–H and O–H groups in total. The molecule has 1 aromatic carbocycles. The van der Waals surface area contributed by atoms with E-state index in [9.17, 15) is 0 Å². The molecule has 1 unspecified atom stereocenters. The Kier molecular flexibility index (Phi) is 4.69. The predicted octanol–water partition coefficient (Wildman–Crippen LogP) is 4.79. The van der Waals surface area contributed by atoms with Gasteiger partial charge in [-0.05, 0) is 43.6 Å². The molecule has 0 radical (unpaired) electrons. The molecule has 1 saturated heterocycles. The molecule has 3 rings (SSSR count). The Labute approximate surface area is 135 Å². The summed E-state index contributed by atoms with van der Waals surface area (Å²) >= 11 is 0. The zero-order valence-electron chi connectivity index (χ0n) is 13.7. The molecule has 1 saturated carbocycles. The van der Waals surface area contributed by atoms with Gasteiger partial charge in [0.25, 0.3) is 0 Å². The van der Waals surface area contributed by atoms with Gasteiger partial charge in [-0.1, -0.05) is 49.3 Å². The molecular formula is C21H27N. The lowest BCUT2D eigenvalue weighted by Crippen LogP contribution is -2.37. The van der Waals surface area contributed by atoms with Gasteiger partial charge < -0.3 is 0 Å². The van der Waals surface area contributed by atoms with Gasteiger partial charge >= 0.3 is 0 Å². The first-order chi connectivity index (χ1) is 10.8. The third-order valence-electron chi connectivity index (χ3n) is 5.20. The van der Waals surface area contributed by atoms with E-state index in [-0.39, 0.29) is 0 Å². The number of allylic oxidation sites excluding steroid dienone is 1. The summed E-state index contributed by atoms with van der Waals surface area (Å²) in [4.78, 5) is 2.63. The van der Waals surface area contributed by atoms with Crippen LogP contribution in [0, 0.1) is 17.8 Å². The van der Waals surface area contributed by atoms with Gasteiger partial charge in [-0.25, -0.2) is 0 Å². The summed E-state index contributed by atoms with van der Waals surface area (Å²) in [5.41, 5.74) is 1.82. The van der Waals surface area contributed by atoms with E-state index >= 15 is 0 Å². The molecule has 1 heteroatoms. The summed E-state index contributed by atoms with van der Waals surface area (Å²) in [6, 6.07) is 11.3. The molecular weight excluding hydrogens is 266 g/mol. The molecule has 1 aliphatic carbocycles. The van der Waals surface area contributed by atoms with E-state index in [1.165, 1.54) is 24.8 Å². The SMILES string of the molecule is C=CCCC1CC2(C1)[C@@H](C#CCCC)N2Cc1ccccc1. The first kappa shape index (κ1) is 15.4. The second-order valence-electron chi connectivity index (χ2n) is 6.83. The van der Waals surface area contributed by atoms with Gasteiger partial charge in [0.05, 0.1) is 6.04 Å². The lowest BCUT2D eigenvalue weighted by atomic mass is 9.70. The number of benzene rings is 1. The Hall–Kier alpha value is -1.52. The van der Waals surface area contributed by atoms with Gasteiger partial charge in [0, 0.05) is 18.5 Å². The van der Waals surface area contributed by atoms with Crippen molar-refractivity contribution in [2.24, 2.45) is 5.92 Å². The van der Waals surface area contributed by atoms with E-state index in [4.69, 9.17) is 0 Å². The van der Waals surface area contributed by atoms with E-state index in [2.05, 4.69) is 66.7 Å². The van der Waals surface area contributed by atoms with Crippen LogP contribution >= 0.6 is 0 Å². The summed E-state index contributed by atoms with van der Waals surface area (Å²) in [5, 5.41) is 0. The fourth-order valence-corrected chi connectivity index (χ4v) is 3.93. The highest BCUT2D eigenvalue weighted by Gasteiger charge is 2.67. The fourth-order valence-electron chi connectivity index (χ4n) is 3.93. The van der Waals surface area contributed by atoms with Gasteiger partial charge in [0.2, 0.25) is 0 Å². The van der Waals surface area contributed by atoms with Crippen LogP contribution in [0.25, 0.3) is 0 Å². The van der Waals surface area contributed by atoms with Crippen LogP contribution in [0.15, 0.2) is 43.0 Å². The van der Waals surface area contributed by atoms with E-state index in [0.717, 1.165) is 31.7 Å². The predicted molar refractivity (Wildman–Crippen MR) is 93.3 cm³/mol. The summed E-state index contributed by atoms with van der Waals surface area (Å²) in [5.74, 6) is 7.82. The molecule has 0 amide bonds. The molecule has 1 spiro atoms. The smallest absolute Gasteiger partial charge is 0.0910 e. The maximum Gasteiger partial charge on any atom is 0.0910 e. The number of rotatable bonds is 6. The number of unbranched alkanes of at least 4 members (excludes halogenated alkanes) is 1. The van der Waals surface area contributed by atoms with Crippen molar-refractivity contribution in [2.45, 2.75) is 63.6 Å². The largest absolute Gasteiger partial charge is 0.276 e. The van der Waals surface area contributed by atoms with Crippen molar-refractivity contribution in [3.8, 4) is 11.8 Å². The second-order valence-corrected chi connectivity index (χ2v) is 6.83. The van der Waals surface area contributed by atoms with E-state index in [0.29, 0.717) is 11.6 Å². The molecule has 1 aromatic rings. The van der Waals surface area contributed by atoms with Crippen molar-refractivity contribution in [2.75, 3.05) is 0 Å². The van der Waals surface area contributed by atoms with Gasteiger partial charge in [-0.2, -0.15) is 0 Å². The van der Waals surface area contributed by atoms with E-state index in [1.54, 1.807) is 0 Å². The highest BCUT2D eigenvalue weighted by atomic mass is 15.4. The third-order valence-corrected chi connectivity index (χ3v) is 5.20. The van der Waals surface area contributed by atoms with Crippen molar-refractivity contribution in [3.63, 3.8) is 0 Å². The number of nitrogens with zero attached hydrogens (tertiary/aromatic N) is 1. The Morgan fingerprint density at radius 2 is 2.09 bits per heavy atom. The average molecular weight is 293 g/mol. The van der Waals surface area contributed by atoms with Crippen LogP contribution in [-0.4, -0.2) is 16.5 Å². The number of hydrogen-bond donors (Lipinski definition) is 0. The van der Waals surface area contributed by atoms with Crippen LogP contribution in [0.5, 0.6) is 0 Å². The summed E-state index contributed by atoms with van der Waals surface area (Å²) < 4.78 is 0. The van der Waals surface area contributed by atoms with Gasteiger partial charge in [0.1, 0.15) is 0 Å². The van der Waals surface area contributed by atoms with Gasteiger partial charge in [0.15, 0.2) is 0 Å². The lowest BCUT2D eigenvalue weighted by Gasteiger charge is -2.36. The average Bonchev–Trinajstić information content (AvgIpc) is 3.12. The maximum atomic E-state index is 3.85. The van der Waals surface area contributed by atoms with E-state index < -0.39 is 0 Å². The van der Waals surface area contributed by atoms with Crippen LogP contribution in [0.2, 0.25) is 0 Å². The minimum atomic E-state index is 0.405. The zero-order valence-corrected chi connectivity index (χ0v) is 13.7. The minimum absolute atomic E-state index is 0.405. The van der Waals surface area contributed by atoms with Crippen LogP contribution < -0.4 is 0 Å². The van der Waals surface area contributed by atoms with Crippen LogP contribution in [-0.2, 0) is 6.54 Å². The quantitative estimate of drug-likeness (QED) is 0.414. The first-order valence-electron chi connectivity index (χ1n) is 8.70. The fraction of sp³-hybridized carbons (Fsp3) is 0.524. The monoisotopic (exact) mass is 293 g/mol. The summed E-state index contributed by atoms with van der Waals surface area (Å²) in [6.07, 6.45) is 9.38. The molecule has 2 aliphatic rings. The Balaban J connectivity index is 1.63. The topological polar surface area (TPSA) is 3.01 Å². The minimum Gasteiger partial charge on any atom is -0.276 e. The molecule has 2 atom stereocenters. The number of hydrogen-bond acceptors (Lipinski definition) is 1. The van der Waals surface area contributed by atoms with Crippen molar-refractivity contribution < 1.29 is 0 Å². The molecule has 1 aliphatic heterocycles. The van der Waals surface area contributed by atoms with Crippen LogP contribution in [0.1, 0.15) is 51.0 Å². The standard InChI is InChI=1S/C21H27N/c1-3-5-8-14-20-21(15-19(16-21)11-6-4-2)22(20)17-18-12-9-7-10-13-18/h4,7,9-10,12-13,19-20H,2-3,5-6,11,15-17H2,1H3/t19?,20-,21?,22?/m1/s1. The molecule has 22 heavy (non-hydrogen) atoms. The molecule has 1 nitrogen and oxygen atoms in total. The zero-order chi connectivity index (χ0) is 15.4. The van der Waals surface area contributed by atoms with Crippen LogP contribution in [0.3, 0.4) is 0 Å². The first-order valence-corrected chi connectivity index (χ1v) is 8.70. The van der Waals surface area contributed by atoms with Crippen molar-refractivity contribution in [1.82, 2.24) is 4.90 Å². The third kappa shape index (κ3) is 2.99.